The zero-order valence-electron chi connectivity index (χ0n) is 9.48. The van der Waals surface area contributed by atoms with Crippen molar-refractivity contribution >= 4 is 5.91 Å². The van der Waals surface area contributed by atoms with E-state index < -0.39 is 0 Å². The number of hydrogen-bond donors (Lipinski definition) is 1. The van der Waals surface area contributed by atoms with E-state index in [0.29, 0.717) is 6.04 Å². The molecule has 0 bridgehead atoms. The first-order valence-electron chi connectivity index (χ1n) is 5.97. The Labute approximate surface area is 91.4 Å². The summed E-state index contributed by atoms with van der Waals surface area (Å²) in [5, 5.41) is 0. The predicted molar refractivity (Wildman–Crippen MR) is 59.4 cm³/mol. The lowest BCUT2D eigenvalue weighted by atomic mass is 9.99. The summed E-state index contributed by atoms with van der Waals surface area (Å²) in [6.07, 6.45) is 3.86. The maximum absolute atomic E-state index is 11.8. The van der Waals surface area contributed by atoms with Gasteiger partial charge in [0, 0.05) is 25.7 Å². The third-order valence-corrected chi connectivity index (χ3v) is 3.54. The van der Waals surface area contributed by atoms with Crippen molar-refractivity contribution in [2.45, 2.75) is 38.3 Å². The molecule has 86 valence electrons. The summed E-state index contributed by atoms with van der Waals surface area (Å²) < 4.78 is 0. The number of nitrogens with two attached hydrogens (primary N) is 1. The zero-order chi connectivity index (χ0) is 10.8. The summed E-state index contributed by atoms with van der Waals surface area (Å²) in [6, 6.07) is 0.246. The third kappa shape index (κ3) is 2.32. The molecular weight excluding hydrogens is 190 g/mol. The Morgan fingerprint density at radius 2 is 2.13 bits per heavy atom. The van der Waals surface area contributed by atoms with Gasteiger partial charge in [-0.05, 0) is 26.3 Å². The first kappa shape index (κ1) is 10.9. The van der Waals surface area contributed by atoms with Crippen LogP contribution in [0.4, 0.5) is 0 Å². The molecule has 2 aliphatic rings. The van der Waals surface area contributed by atoms with Gasteiger partial charge in [0.05, 0.1) is 6.04 Å². The molecule has 1 amide bonds. The van der Waals surface area contributed by atoms with E-state index in [-0.39, 0.29) is 11.9 Å². The van der Waals surface area contributed by atoms with Gasteiger partial charge in [-0.25, -0.2) is 0 Å². The van der Waals surface area contributed by atoms with Crippen LogP contribution in [0.15, 0.2) is 0 Å². The molecule has 2 N–H and O–H groups in total. The number of piperazine rings is 1. The second-order valence-electron chi connectivity index (χ2n) is 4.76. The SMILES string of the molecule is C[C@@H](N)C(=O)N1CCN2CCCCC2C1. The summed E-state index contributed by atoms with van der Waals surface area (Å²) in [4.78, 5) is 16.2. The molecule has 2 rings (SSSR count). The largest absolute Gasteiger partial charge is 0.339 e. The van der Waals surface area contributed by atoms with Crippen molar-refractivity contribution in [1.29, 1.82) is 0 Å². The topological polar surface area (TPSA) is 49.6 Å². The van der Waals surface area contributed by atoms with E-state index in [1.165, 1.54) is 25.8 Å². The van der Waals surface area contributed by atoms with Gasteiger partial charge in [0.25, 0.3) is 0 Å². The van der Waals surface area contributed by atoms with Crippen molar-refractivity contribution in [1.82, 2.24) is 9.80 Å². The smallest absolute Gasteiger partial charge is 0.239 e. The third-order valence-electron chi connectivity index (χ3n) is 3.54. The van der Waals surface area contributed by atoms with E-state index in [4.69, 9.17) is 5.73 Å². The molecule has 0 aliphatic carbocycles. The monoisotopic (exact) mass is 211 g/mol. The molecule has 2 atom stereocenters. The van der Waals surface area contributed by atoms with Crippen molar-refractivity contribution in [2.24, 2.45) is 5.73 Å². The van der Waals surface area contributed by atoms with Gasteiger partial charge in [0.1, 0.15) is 0 Å². The van der Waals surface area contributed by atoms with Gasteiger partial charge in [-0.1, -0.05) is 6.42 Å². The lowest BCUT2D eigenvalue weighted by Gasteiger charge is -2.44. The van der Waals surface area contributed by atoms with Crippen LogP contribution in [0.3, 0.4) is 0 Å². The van der Waals surface area contributed by atoms with Crippen LogP contribution in [-0.2, 0) is 4.79 Å². The van der Waals surface area contributed by atoms with Crippen LogP contribution in [0.2, 0.25) is 0 Å². The van der Waals surface area contributed by atoms with Gasteiger partial charge in [-0.3, -0.25) is 9.69 Å². The quantitative estimate of drug-likeness (QED) is 0.666. The number of amides is 1. The number of hydrogen-bond acceptors (Lipinski definition) is 3. The summed E-state index contributed by atoms with van der Waals surface area (Å²) in [5.74, 6) is 0.111. The lowest BCUT2D eigenvalue weighted by Crippen LogP contribution is -2.58. The number of nitrogens with zero attached hydrogens (tertiary/aromatic N) is 2. The lowest BCUT2D eigenvalue weighted by molar-refractivity contribution is -0.135. The van der Waals surface area contributed by atoms with E-state index in [0.717, 1.165) is 19.6 Å². The summed E-state index contributed by atoms with van der Waals surface area (Å²) >= 11 is 0. The normalized spacial score (nSPS) is 29.7. The van der Waals surface area contributed by atoms with E-state index >= 15 is 0 Å². The predicted octanol–water partition coefficient (Wildman–Crippen LogP) is 0.0303. The summed E-state index contributed by atoms with van der Waals surface area (Å²) in [5.41, 5.74) is 5.63. The van der Waals surface area contributed by atoms with Crippen LogP contribution in [0.1, 0.15) is 26.2 Å². The maximum atomic E-state index is 11.8. The second-order valence-corrected chi connectivity index (χ2v) is 4.76. The average molecular weight is 211 g/mol. The van der Waals surface area contributed by atoms with Crippen molar-refractivity contribution in [3.8, 4) is 0 Å². The number of piperidine rings is 1. The number of carbonyl (C=O) groups excluding carboxylic acids is 1. The van der Waals surface area contributed by atoms with Gasteiger partial charge < -0.3 is 10.6 Å². The van der Waals surface area contributed by atoms with Crippen LogP contribution in [0, 0.1) is 0 Å². The fourth-order valence-electron chi connectivity index (χ4n) is 2.64. The second kappa shape index (κ2) is 4.49. The van der Waals surface area contributed by atoms with Gasteiger partial charge in [0.15, 0.2) is 0 Å². The highest BCUT2D eigenvalue weighted by Gasteiger charge is 2.31. The molecule has 0 aromatic rings. The van der Waals surface area contributed by atoms with Crippen molar-refractivity contribution in [3.63, 3.8) is 0 Å². The molecule has 1 unspecified atom stereocenters. The molecule has 0 saturated carbocycles. The molecule has 0 aromatic carbocycles. The first-order valence-corrected chi connectivity index (χ1v) is 5.97. The van der Waals surface area contributed by atoms with E-state index in [9.17, 15) is 4.79 Å². The molecule has 15 heavy (non-hydrogen) atoms. The standard InChI is InChI=1S/C11H21N3O/c1-9(12)11(15)14-7-6-13-5-3-2-4-10(13)8-14/h9-10H,2-8,12H2,1H3/t9-,10?/m1/s1. The van der Waals surface area contributed by atoms with E-state index in [1.54, 1.807) is 6.92 Å². The minimum atomic E-state index is -0.347. The Balaban J connectivity index is 1.93. The molecule has 2 fully saturated rings. The minimum absolute atomic E-state index is 0.111. The molecular formula is C11H21N3O. The Bertz CT molecular complexity index is 242. The molecule has 0 aromatic heterocycles. The molecule has 4 heteroatoms. The number of rotatable bonds is 1. The Hall–Kier alpha value is -0.610. The maximum Gasteiger partial charge on any atom is 0.239 e. The molecule has 0 radical (unpaired) electrons. The zero-order valence-corrected chi connectivity index (χ0v) is 9.48. The minimum Gasteiger partial charge on any atom is -0.339 e. The van der Waals surface area contributed by atoms with E-state index in [1.807, 2.05) is 4.90 Å². The van der Waals surface area contributed by atoms with Gasteiger partial charge in [-0.15, -0.1) is 0 Å². The average Bonchev–Trinajstić information content (AvgIpc) is 2.27. The number of carbonyl (C=O) groups is 1. The highest BCUT2D eigenvalue weighted by molar-refractivity contribution is 5.81. The fraction of sp³-hybridized carbons (Fsp3) is 0.909. The Morgan fingerprint density at radius 3 is 2.87 bits per heavy atom. The Morgan fingerprint density at radius 1 is 1.33 bits per heavy atom. The van der Waals surface area contributed by atoms with Crippen LogP contribution in [-0.4, -0.2) is 54.0 Å². The molecule has 2 heterocycles. The van der Waals surface area contributed by atoms with Gasteiger partial charge >= 0.3 is 0 Å². The summed E-state index contributed by atoms with van der Waals surface area (Å²) in [7, 11) is 0. The van der Waals surface area contributed by atoms with Crippen molar-refractivity contribution < 1.29 is 4.79 Å². The fourth-order valence-corrected chi connectivity index (χ4v) is 2.64. The molecule has 2 saturated heterocycles. The summed E-state index contributed by atoms with van der Waals surface area (Å²) in [6.45, 7) is 5.76. The van der Waals surface area contributed by atoms with Crippen LogP contribution in [0.5, 0.6) is 0 Å². The highest BCUT2D eigenvalue weighted by Crippen LogP contribution is 2.21. The van der Waals surface area contributed by atoms with Crippen molar-refractivity contribution in [2.75, 3.05) is 26.2 Å². The van der Waals surface area contributed by atoms with E-state index in [2.05, 4.69) is 4.90 Å². The van der Waals surface area contributed by atoms with Crippen LogP contribution >= 0.6 is 0 Å². The van der Waals surface area contributed by atoms with Crippen LogP contribution < -0.4 is 5.73 Å². The van der Waals surface area contributed by atoms with Gasteiger partial charge in [0.2, 0.25) is 5.91 Å². The highest BCUT2D eigenvalue weighted by atomic mass is 16.2. The number of fused-ring (bicyclic) bond motifs is 1. The molecule has 4 nitrogen and oxygen atoms in total. The Kier molecular flexibility index (Phi) is 3.26. The van der Waals surface area contributed by atoms with Crippen LogP contribution in [0.25, 0.3) is 0 Å². The first-order chi connectivity index (χ1) is 7.18. The molecule has 0 spiro atoms. The van der Waals surface area contributed by atoms with Crippen molar-refractivity contribution in [3.05, 3.63) is 0 Å². The molecule has 2 aliphatic heterocycles. The van der Waals surface area contributed by atoms with Gasteiger partial charge in [-0.2, -0.15) is 0 Å².